The third-order valence-electron chi connectivity index (χ3n) is 5.36. The molecule has 124 valence electrons. The molecule has 4 nitrogen and oxygen atoms in total. The van der Waals surface area contributed by atoms with E-state index in [0.29, 0.717) is 31.3 Å². The predicted molar refractivity (Wildman–Crippen MR) is 88.9 cm³/mol. The maximum absolute atomic E-state index is 11.5. The number of hydrogen-bond donors (Lipinski definition) is 3. The van der Waals surface area contributed by atoms with E-state index in [1.54, 1.807) is 0 Å². The fourth-order valence-electron chi connectivity index (χ4n) is 4.20. The van der Waals surface area contributed by atoms with Crippen molar-refractivity contribution in [3.8, 4) is 0 Å². The lowest BCUT2D eigenvalue weighted by molar-refractivity contribution is -0.136. The van der Waals surface area contributed by atoms with E-state index in [1.807, 2.05) is 30.3 Å². The van der Waals surface area contributed by atoms with Gasteiger partial charge in [-0.1, -0.05) is 42.5 Å². The Hall–Kier alpha value is -1.65. The Morgan fingerprint density at radius 2 is 1.96 bits per heavy atom. The Bertz CT molecular complexity index is 571. The number of carbonyl (C=O) groups is 1. The topological polar surface area (TPSA) is 69.6 Å². The summed E-state index contributed by atoms with van der Waals surface area (Å²) in [4.78, 5) is 10.6. The van der Waals surface area contributed by atoms with Crippen LogP contribution in [0.5, 0.6) is 0 Å². The van der Waals surface area contributed by atoms with Gasteiger partial charge in [-0.05, 0) is 49.1 Å². The Morgan fingerprint density at radius 3 is 2.57 bits per heavy atom. The molecule has 0 aliphatic heterocycles. The standard InChI is InChI=1S/C19H25NO3/c21-18(22)8-10-20-11-9-19(23,16-4-2-1-3-5-16)17-13-14-6-7-15(17)12-14/h1-7,14-15,17,20,23H,8-13H2,(H,21,22). The number of fused-ring (bicyclic) bond motifs is 2. The van der Waals surface area contributed by atoms with Crippen LogP contribution in [0, 0.1) is 17.8 Å². The van der Waals surface area contributed by atoms with E-state index in [1.165, 1.54) is 0 Å². The molecule has 4 atom stereocenters. The van der Waals surface area contributed by atoms with E-state index in [0.717, 1.165) is 18.4 Å². The zero-order valence-electron chi connectivity index (χ0n) is 13.3. The lowest BCUT2D eigenvalue weighted by Crippen LogP contribution is -2.40. The molecule has 2 aliphatic rings. The summed E-state index contributed by atoms with van der Waals surface area (Å²) in [6.45, 7) is 1.06. The van der Waals surface area contributed by atoms with Crippen LogP contribution in [0.1, 0.15) is 31.2 Å². The van der Waals surface area contributed by atoms with Gasteiger partial charge < -0.3 is 15.5 Å². The highest BCUT2D eigenvalue weighted by atomic mass is 16.4. The van der Waals surface area contributed by atoms with Crippen LogP contribution in [0.4, 0.5) is 0 Å². The number of rotatable bonds is 8. The first kappa shape index (κ1) is 16.2. The van der Waals surface area contributed by atoms with Crippen molar-refractivity contribution in [3.63, 3.8) is 0 Å². The van der Waals surface area contributed by atoms with Gasteiger partial charge in [0.1, 0.15) is 0 Å². The molecule has 1 saturated carbocycles. The van der Waals surface area contributed by atoms with Crippen LogP contribution in [-0.2, 0) is 10.4 Å². The number of hydrogen-bond acceptors (Lipinski definition) is 3. The maximum atomic E-state index is 11.5. The molecule has 0 saturated heterocycles. The minimum Gasteiger partial charge on any atom is -0.481 e. The Kier molecular flexibility index (Phi) is 4.83. The molecule has 0 radical (unpaired) electrons. The van der Waals surface area contributed by atoms with Gasteiger partial charge in [0.05, 0.1) is 12.0 Å². The smallest absolute Gasteiger partial charge is 0.304 e. The van der Waals surface area contributed by atoms with Crippen LogP contribution < -0.4 is 5.32 Å². The summed E-state index contributed by atoms with van der Waals surface area (Å²) in [5, 5.41) is 23.4. The van der Waals surface area contributed by atoms with E-state index < -0.39 is 11.6 Å². The number of aliphatic hydroxyl groups is 1. The fraction of sp³-hybridized carbons (Fsp3) is 0.526. The highest BCUT2D eigenvalue weighted by Gasteiger charge is 2.48. The van der Waals surface area contributed by atoms with Gasteiger partial charge in [-0.3, -0.25) is 4.79 Å². The van der Waals surface area contributed by atoms with Gasteiger partial charge in [-0.15, -0.1) is 0 Å². The molecule has 23 heavy (non-hydrogen) atoms. The second-order valence-electron chi connectivity index (χ2n) is 6.82. The van der Waals surface area contributed by atoms with Crippen LogP contribution in [0.25, 0.3) is 0 Å². The van der Waals surface area contributed by atoms with Crippen LogP contribution in [0.3, 0.4) is 0 Å². The summed E-state index contributed by atoms with van der Waals surface area (Å²) in [5.74, 6) is 0.527. The number of carboxylic acid groups (broad SMARTS) is 1. The van der Waals surface area contributed by atoms with Gasteiger partial charge in [0.2, 0.25) is 0 Å². The van der Waals surface area contributed by atoms with Crippen molar-refractivity contribution in [2.24, 2.45) is 17.8 Å². The van der Waals surface area contributed by atoms with Crippen LogP contribution in [0.15, 0.2) is 42.5 Å². The molecule has 4 heteroatoms. The van der Waals surface area contributed by atoms with Crippen LogP contribution in [-0.4, -0.2) is 29.3 Å². The lowest BCUT2D eigenvalue weighted by atomic mass is 9.72. The fourth-order valence-corrected chi connectivity index (χ4v) is 4.20. The van der Waals surface area contributed by atoms with Gasteiger partial charge in [-0.2, -0.15) is 0 Å². The van der Waals surface area contributed by atoms with E-state index in [-0.39, 0.29) is 12.3 Å². The largest absolute Gasteiger partial charge is 0.481 e. The number of carboxylic acids is 1. The van der Waals surface area contributed by atoms with Crippen LogP contribution >= 0.6 is 0 Å². The molecule has 3 N–H and O–H groups in total. The van der Waals surface area contributed by atoms with E-state index >= 15 is 0 Å². The molecule has 0 amide bonds. The highest BCUT2D eigenvalue weighted by Crippen LogP contribution is 2.52. The molecule has 4 unspecified atom stereocenters. The first-order chi connectivity index (χ1) is 11.1. The summed E-state index contributed by atoms with van der Waals surface area (Å²) in [5.41, 5.74) is 0.132. The molecule has 1 fully saturated rings. The molecule has 2 aliphatic carbocycles. The summed E-state index contributed by atoms with van der Waals surface area (Å²) in [7, 11) is 0. The molecule has 1 aromatic carbocycles. The molecule has 0 aromatic heterocycles. The van der Waals surface area contributed by atoms with Crippen molar-refractivity contribution in [2.45, 2.75) is 31.3 Å². The summed E-state index contributed by atoms with van der Waals surface area (Å²) in [6.07, 6.45) is 7.48. The third kappa shape index (κ3) is 3.48. The van der Waals surface area contributed by atoms with Gasteiger partial charge >= 0.3 is 5.97 Å². The quantitative estimate of drug-likeness (QED) is 0.509. The number of nitrogens with one attached hydrogen (secondary N) is 1. The predicted octanol–water partition coefficient (Wildman–Crippen LogP) is 2.54. The average molecular weight is 315 g/mol. The Balaban J connectivity index is 1.69. The van der Waals surface area contributed by atoms with Crippen molar-refractivity contribution in [1.29, 1.82) is 0 Å². The van der Waals surface area contributed by atoms with Crippen LogP contribution in [0.2, 0.25) is 0 Å². The number of allylic oxidation sites excluding steroid dienone is 2. The number of benzene rings is 1. The second kappa shape index (κ2) is 6.85. The van der Waals surface area contributed by atoms with E-state index in [2.05, 4.69) is 17.5 Å². The molecule has 3 rings (SSSR count). The maximum Gasteiger partial charge on any atom is 0.304 e. The number of aliphatic carboxylic acids is 1. The first-order valence-electron chi connectivity index (χ1n) is 8.48. The third-order valence-corrected chi connectivity index (χ3v) is 5.36. The minimum atomic E-state index is -0.846. The molecular weight excluding hydrogens is 290 g/mol. The van der Waals surface area contributed by atoms with Gasteiger partial charge in [0.25, 0.3) is 0 Å². The van der Waals surface area contributed by atoms with Crippen molar-refractivity contribution >= 4 is 5.97 Å². The van der Waals surface area contributed by atoms with Crippen molar-refractivity contribution in [1.82, 2.24) is 5.32 Å². The highest BCUT2D eigenvalue weighted by molar-refractivity contribution is 5.66. The molecule has 0 spiro atoms. The van der Waals surface area contributed by atoms with Crippen molar-refractivity contribution in [2.75, 3.05) is 13.1 Å². The van der Waals surface area contributed by atoms with Crippen molar-refractivity contribution in [3.05, 3.63) is 48.0 Å². The SMILES string of the molecule is O=C(O)CCNCCC(O)(c1ccccc1)C1CC2C=CC1C2. The first-order valence-corrected chi connectivity index (χ1v) is 8.48. The Morgan fingerprint density at radius 1 is 1.17 bits per heavy atom. The zero-order valence-corrected chi connectivity index (χ0v) is 13.3. The molecule has 0 heterocycles. The normalized spacial score (nSPS) is 28.0. The zero-order chi connectivity index (χ0) is 16.3. The molecule has 2 bridgehead atoms. The van der Waals surface area contributed by atoms with E-state index in [4.69, 9.17) is 5.11 Å². The summed E-state index contributed by atoms with van der Waals surface area (Å²) < 4.78 is 0. The summed E-state index contributed by atoms with van der Waals surface area (Å²) in [6, 6.07) is 9.93. The monoisotopic (exact) mass is 315 g/mol. The molecular formula is C19H25NO3. The van der Waals surface area contributed by atoms with Gasteiger partial charge in [-0.25, -0.2) is 0 Å². The minimum absolute atomic E-state index is 0.112. The average Bonchev–Trinajstić information content (AvgIpc) is 3.18. The summed E-state index contributed by atoms with van der Waals surface area (Å²) >= 11 is 0. The molecule has 1 aromatic rings. The van der Waals surface area contributed by atoms with E-state index in [9.17, 15) is 9.90 Å². The van der Waals surface area contributed by atoms with Crippen molar-refractivity contribution < 1.29 is 15.0 Å². The second-order valence-corrected chi connectivity index (χ2v) is 6.82. The van der Waals surface area contributed by atoms with Gasteiger partial charge in [0, 0.05) is 6.54 Å². The van der Waals surface area contributed by atoms with Gasteiger partial charge in [0.15, 0.2) is 0 Å². The Labute approximate surface area is 137 Å². The lowest BCUT2D eigenvalue weighted by Gasteiger charge is -2.38.